The smallest absolute Gasteiger partial charge is 0.0472 e. The lowest BCUT2D eigenvalue weighted by Crippen LogP contribution is -2.48. The van der Waals surface area contributed by atoms with Gasteiger partial charge >= 0.3 is 0 Å². The number of hydrogen-bond donors (Lipinski definition) is 1. The lowest BCUT2D eigenvalue weighted by atomic mass is 9.79. The molecule has 1 atom stereocenters. The second kappa shape index (κ2) is 5.99. The van der Waals surface area contributed by atoms with Crippen molar-refractivity contribution in [3.63, 3.8) is 0 Å². The van der Waals surface area contributed by atoms with E-state index in [9.17, 15) is 0 Å². The van der Waals surface area contributed by atoms with Crippen LogP contribution in [0.25, 0.3) is 0 Å². The first-order chi connectivity index (χ1) is 7.51. The van der Waals surface area contributed by atoms with Crippen molar-refractivity contribution in [3.8, 4) is 0 Å². The van der Waals surface area contributed by atoms with Crippen LogP contribution in [0.4, 0.5) is 0 Å². The quantitative estimate of drug-likeness (QED) is 0.778. The Balaban J connectivity index is 2.54. The summed E-state index contributed by atoms with van der Waals surface area (Å²) < 4.78 is 5.44. The maximum Gasteiger partial charge on any atom is 0.0472 e. The third-order valence-corrected chi connectivity index (χ3v) is 4.23. The monoisotopic (exact) mass is 228 g/mol. The summed E-state index contributed by atoms with van der Waals surface area (Å²) in [6.45, 7) is 10.5. The van der Waals surface area contributed by atoms with Gasteiger partial charge in [-0.25, -0.2) is 0 Å². The van der Waals surface area contributed by atoms with E-state index in [0.29, 0.717) is 12.0 Å². The highest BCUT2D eigenvalue weighted by Gasteiger charge is 2.33. The van der Waals surface area contributed by atoms with Crippen molar-refractivity contribution in [1.82, 2.24) is 4.90 Å². The molecule has 1 rings (SSSR count). The second-order valence-electron chi connectivity index (χ2n) is 5.72. The first kappa shape index (κ1) is 13.9. The van der Waals surface area contributed by atoms with E-state index in [1.807, 2.05) is 0 Å². The van der Waals surface area contributed by atoms with Gasteiger partial charge in [-0.15, -0.1) is 0 Å². The van der Waals surface area contributed by atoms with Crippen molar-refractivity contribution in [2.75, 3.05) is 33.4 Å². The zero-order valence-electron chi connectivity index (χ0n) is 11.3. The van der Waals surface area contributed by atoms with E-state index < -0.39 is 0 Å². The predicted molar refractivity (Wildman–Crippen MR) is 68.5 cm³/mol. The van der Waals surface area contributed by atoms with Crippen LogP contribution < -0.4 is 5.73 Å². The molecule has 96 valence electrons. The summed E-state index contributed by atoms with van der Waals surface area (Å²) in [6.07, 6.45) is 2.22. The summed E-state index contributed by atoms with van der Waals surface area (Å²) >= 11 is 0. The largest absolute Gasteiger partial charge is 0.381 e. The van der Waals surface area contributed by atoms with Gasteiger partial charge in [0, 0.05) is 25.8 Å². The maximum absolute atomic E-state index is 5.98. The van der Waals surface area contributed by atoms with Crippen molar-refractivity contribution in [2.45, 2.75) is 39.7 Å². The van der Waals surface area contributed by atoms with Crippen LogP contribution in [0.15, 0.2) is 0 Å². The second-order valence-corrected chi connectivity index (χ2v) is 5.72. The fourth-order valence-electron chi connectivity index (χ4n) is 2.41. The Kier molecular flexibility index (Phi) is 5.22. The lowest BCUT2D eigenvalue weighted by molar-refractivity contribution is -0.00431. The molecule has 0 amide bonds. The Bertz CT molecular complexity index is 200. The highest BCUT2D eigenvalue weighted by molar-refractivity contribution is 4.86. The summed E-state index contributed by atoms with van der Waals surface area (Å²) in [5.41, 5.74) is 6.27. The van der Waals surface area contributed by atoms with Gasteiger partial charge < -0.3 is 15.4 Å². The van der Waals surface area contributed by atoms with Crippen molar-refractivity contribution >= 4 is 0 Å². The fraction of sp³-hybridized carbons (Fsp3) is 1.00. The number of nitrogens with zero attached hydrogens (tertiary/aromatic N) is 1. The summed E-state index contributed by atoms with van der Waals surface area (Å²) in [7, 11) is 2.22. The number of nitrogens with two attached hydrogens (primary N) is 1. The van der Waals surface area contributed by atoms with Gasteiger partial charge in [-0.1, -0.05) is 13.8 Å². The van der Waals surface area contributed by atoms with E-state index in [-0.39, 0.29) is 5.41 Å². The molecule has 0 aliphatic carbocycles. The van der Waals surface area contributed by atoms with Crippen LogP contribution in [-0.2, 0) is 4.74 Å². The van der Waals surface area contributed by atoms with E-state index in [2.05, 4.69) is 32.7 Å². The molecule has 1 aliphatic heterocycles. The predicted octanol–water partition coefficient (Wildman–Crippen LogP) is 1.72. The minimum Gasteiger partial charge on any atom is -0.381 e. The van der Waals surface area contributed by atoms with Crippen molar-refractivity contribution < 1.29 is 4.74 Å². The molecule has 3 heteroatoms. The molecule has 1 fully saturated rings. The summed E-state index contributed by atoms with van der Waals surface area (Å²) in [6, 6.07) is 0.617. The molecule has 0 aromatic heterocycles. The molecule has 1 unspecified atom stereocenters. The third kappa shape index (κ3) is 3.44. The summed E-state index contributed by atoms with van der Waals surface area (Å²) in [5, 5.41) is 0. The molecule has 0 bridgehead atoms. The van der Waals surface area contributed by atoms with Gasteiger partial charge in [-0.2, -0.15) is 0 Å². The van der Waals surface area contributed by atoms with Gasteiger partial charge in [0.1, 0.15) is 0 Å². The third-order valence-electron chi connectivity index (χ3n) is 4.23. The van der Waals surface area contributed by atoms with Gasteiger partial charge in [-0.3, -0.25) is 0 Å². The Hall–Kier alpha value is -0.120. The molecule has 1 aliphatic rings. The van der Waals surface area contributed by atoms with Crippen LogP contribution in [0, 0.1) is 11.3 Å². The molecular weight excluding hydrogens is 200 g/mol. The van der Waals surface area contributed by atoms with Gasteiger partial charge in [0.05, 0.1) is 0 Å². The van der Waals surface area contributed by atoms with Gasteiger partial charge in [-0.05, 0) is 44.7 Å². The summed E-state index contributed by atoms with van der Waals surface area (Å²) in [4.78, 5) is 2.46. The van der Waals surface area contributed by atoms with E-state index in [1.54, 1.807) is 0 Å². The van der Waals surface area contributed by atoms with Crippen LogP contribution in [0.5, 0.6) is 0 Å². The standard InChI is InChI=1S/C13H28N2O/c1-11(2)12(3)15(4)10-13(9-14)5-7-16-8-6-13/h11-12H,5-10,14H2,1-4H3. The van der Waals surface area contributed by atoms with Crippen molar-refractivity contribution in [3.05, 3.63) is 0 Å². The molecular formula is C13H28N2O. The van der Waals surface area contributed by atoms with E-state index in [1.165, 1.54) is 0 Å². The Morgan fingerprint density at radius 2 is 1.81 bits per heavy atom. The minimum atomic E-state index is 0.288. The van der Waals surface area contributed by atoms with Crippen LogP contribution >= 0.6 is 0 Å². The molecule has 0 aromatic rings. The molecule has 2 N–H and O–H groups in total. The van der Waals surface area contributed by atoms with Crippen LogP contribution in [0.2, 0.25) is 0 Å². The van der Waals surface area contributed by atoms with E-state index in [4.69, 9.17) is 10.5 Å². The topological polar surface area (TPSA) is 38.5 Å². The highest BCUT2D eigenvalue weighted by Crippen LogP contribution is 2.31. The van der Waals surface area contributed by atoms with Crippen molar-refractivity contribution in [2.24, 2.45) is 17.1 Å². The van der Waals surface area contributed by atoms with Gasteiger partial charge in [0.25, 0.3) is 0 Å². The van der Waals surface area contributed by atoms with Crippen molar-refractivity contribution in [1.29, 1.82) is 0 Å². The van der Waals surface area contributed by atoms with Crippen LogP contribution in [0.1, 0.15) is 33.6 Å². The first-order valence-corrected chi connectivity index (χ1v) is 6.49. The molecule has 16 heavy (non-hydrogen) atoms. The SMILES string of the molecule is CC(C)C(C)N(C)CC1(CN)CCOCC1. The number of ether oxygens (including phenoxy) is 1. The number of hydrogen-bond acceptors (Lipinski definition) is 3. The summed E-state index contributed by atoms with van der Waals surface area (Å²) in [5.74, 6) is 0.694. The molecule has 0 aromatic carbocycles. The highest BCUT2D eigenvalue weighted by atomic mass is 16.5. The molecule has 3 nitrogen and oxygen atoms in total. The molecule has 1 heterocycles. The normalized spacial score (nSPS) is 22.7. The zero-order valence-corrected chi connectivity index (χ0v) is 11.3. The molecule has 0 spiro atoms. The average molecular weight is 228 g/mol. The average Bonchev–Trinajstić information content (AvgIpc) is 2.29. The van der Waals surface area contributed by atoms with Crippen LogP contribution in [-0.4, -0.2) is 44.3 Å². The zero-order chi connectivity index (χ0) is 12.2. The molecule has 0 radical (unpaired) electrons. The van der Waals surface area contributed by atoms with Gasteiger partial charge in [0.15, 0.2) is 0 Å². The molecule has 0 saturated carbocycles. The number of rotatable bonds is 5. The maximum atomic E-state index is 5.98. The van der Waals surface area contributed by atoms with Gasteiger partial charge in [0.2, 0.25) is 0 Å². The molecule has 1 saturated heterocycles. The minimum absolute atomic E-state index is 0.288. The Morgan fingerprint density at radius 1 is 1.25 bits per heavy atom. The Morgan fingerprint density at radius 3 is 2.25 bits per heavy atom. The van der Waals surface area contributed by atoms with E-state index >= 15 is 0 Å². The van der Waals surface area contributed by atoms with Crippen LogP contribution in [0.3, 0.4) is 0 Å². The first-order valence-electron chi connectivity index (χ1n) is 6.49. The lowest BCUT2D eigenvalue weighted by Gasteiger charge is -2.41. The van der Waals surface area contributed by atoms with E-state index in [0.717, 1.165) is 39.1 Å². The fourth-order valence-corrected chi connectivity index (χ4v) is 2.41. The Labute approximate surface area is 100 Å².